The molecule has 0 aliphatic carbocycles. The van der Waals surface area contributed by atoms with Crippen LogP contribution in [-0.4, -0.2) is 36.6 Å². The molecule has 4 aromatic rings. The van der Waals surface area contributed by atoms with Crippen LogP contribution in [0.1, 0.15) is 29.2 Å². The first-order valence-corrected chi connectivity index (χ1v) is 14.5. The van der Waals surface area contributed by atoms with Crippen molar-refractivity contribution in [3.63, 3.8) is 0 Å². The molecule has 42 heavy (non-hydrogen) atoms. The molecule has 0 saturated carbocycles. The van der Waals surface area contributed by atoms with Crippen LogP contribution in [0.3, 0.4) is 0 Å². The SMILES string of the molecule is C=C[C@]1(C)OC(COCc2ccccc2)[C@H](OCc2ccccc2)[C@@H](OCc2ccccc2)C1OCc1ccccc1. The van der Waals surface area contributed by atoms with Gasteiger partial charge in [-0.3, -0.25) is 0 Å². The highest BCUT2D eigenvalue weighted by atomic mass is 16.6. The lowest BCUT2D eigenvalue weighted by atomic mass is 9.85. The maximum absolute atomic E-state index is 6.77. The van der Waals surface area contributed by atoms with E-state index < -0.39 is 30.0 Å². The second-order valence-electron chi connectivity index (χ2n) is 10.8. The fourth-order valence-corrected chi connectivity index (χ4v) is 5.27. The topological polar surface area (TPSA) is 46.2 Å². The van der Waals surface area contributed by atoms with Gasteiger partial charge in [0, 0.05) is 0 Å². The van der Waals surface area contributed by atoms with E-state index in [1.165, 1.54) is 0 Å². The van der Waals surface area contributed by atoms with Crippen LogP contribution in [0, 0.1) is 0 Å². The van der Waals surface area contributed by atoms with Crippen molar-refractivity contribution < 1.29 is 23.7 Å². The van der Waals surface area contributed by atoms with Gasteiger partial charge in [-0.1, -0.05) is 127 Å². The Morgan fingerprint density at radius 3 is 1.45 bits per heavy atom. The van der Waals surface area contributed by atoms with Crippen LogP contribution in [0.4, 0.5) is 0 Å². The smallest absolute Gasteiger partial charge is 0.119 e. The van der Waals surface area contributed by atoms with Gasteiger partial charge in [0.25, 0.3) is 0 Å². The summed E-state index contributed by atoms with van der Waals surface area (Å²) in [5, 5.41) is 0. The minimum atomic E-state index is -0.844. The van der Waals surface area contributed by atoms with Gasteiger partial charge < -0.3 is 23.7 Å². The molecule has 1 saturated heterocycles. The number of ether oxygens (including phenoxy) is 5. The number of benzene rings is 4. The highest BCUT2D eigenvalue weighted by molar-refractivity contribution is 5.18. The number of hydrogen-bond acceptors (Lipinski definition) is 5. The second kappa shape index (κ2) is 15.1. The molecule has 5 atom stereocenters. The fraction of sp³-hybridized carbons (Fsp3) is 0.297. The molecule has 0 spiro atoms. The average molecular weight is 565 g/mol. The molecule has 0 amide bonds. The van der Waals surface area contributed by atoms with Crippen molar-refractivity contribution >= 4 is 0 Å². The van der Waals surface area contributed by atoms with Crippen LogP contribution < -0.4 is 0 Å². The lowest BCUT2D eigenvalue weighted by Gasteiger charge is -2.50. The first kappa shape index (κ1) is 29.9. The monoisotopic (exact) mass is 564 g/mol. The molecule has 218 valence electrons. The third-order valence-electron chi connectivity index (χ3n) is 7.60. The molecule has 0 N–H and O–H groups in total. The molecule has 4 aromatic carbocycles. The Hall–Kier alpha value is -3.58. The van der Waals surface area contributed by atoms with Crippen molar-refractivity contribution in [1.82, 2.24) is 0 Å². The Bertz CT molecular complexity index is 1330. The zero-order chi connectivity index (χ0) is 29.0. The molecule has 1 heterocycles. The molecular weight excluding hydrogens is 524 g/mol. The normalized spacial score (nSPS) is 23.8. The van der Waals surface area contributed by atoms with Crippen LogP contribution in [0.15, 0.2) is 134 Å². The Labute approximate surface area is 249 Å². The van der Waals surface area contributed by atoms with Crippen molar-refractivity contribution in [1.29, 1.82) is 0 Å². The summed E-state index contributed by atoms with van der Waals surface area (Å²) in [5.74, 6) is 0. The van der Waals surface area contributed by atoms with Gasteiger partial charge in [0.1, 0.15) is 30.0 Å². The van der Waals surface area contributed by atoms with Gasteiger partial charge in [-0.25, -0.2) is 0 Å². The van der Waals surface area contributed by atoms with Crippen LogP contribution in [0.2, 0.25) is 0 Å². The summed E-state index contributed by atoms with van der Waals surface area (Å²) in [6, 6.07) is 40.6. The van der Waals surface area contributed by atoms with Gasteiger partial charge in [0.05, 0.1) is 33.0 Å². The van der Waals surface area contributed by atoms with Crippen molar-refractivity contribution in [2.24, 2.45) is 0 Å². The highest BCUT2D eigenvalue weighted by Crippen LogP contribution is 2.37. The van der Waals surface area contributed by atoms with E-state index in [1.54, 1.807) is 0 Å². The van der Waals surface area contributed by atoms with E-state index in [0.29, 0.717) is 33.0 Å². The van der Waals surface area contributed by atoms with Crippen molar-refractivity contribution in [3.8, 4) is 0 Å². The summed E-state index contributed by atoms with van der Waals surface area (Å²) in [5.41, 5.74) is 3.47. The maximum Gasteiger partial charge on any atom is 0.119 e. The van der Waals surface area contributed by atoms with Crippen LogP contribution in [0.25, 0.3) is 0 Å². The van der Waals surface area contributed by atoms with Crippen molar-refractivity contribution in [2.45, 2.75) is 63.4 Å². The van der Waals surface area contributed by atoms with Crippen LogP contribution in [-0.2, 0) is 50.1 Å². The summed E-state index contributed by atoms with van der Waals surface area (Å²) in [4.78, 5) is 0. The van der Waals surface area contributed by atoms with Gasteiger partial charge in [-0.05, 0) is 29.2 Å². The van der Waals surface area contributed by atoms with E-state index in [1.807, 2.05) is 85.8 Å². The summed E-state index contributed by atoms with van der Waals surface area (Å²) in [6.07, 6.45) is 0.000113. The third kappa shape index (κ3) is 8.03. The first-order valence-electron chi connectivity index (χ1n) is 14.5. The van der Waals surface area contributed by atoms with E-state index in [0.717, 1.165) is 22.3 Å². The average Bonchev–Trinajstić information content (AvgIpc) is 3.05. The molecule has 0 aromatic heterocycles. The molecule has 0 radical (unpaired) electrons. The van der Waals surface area contributed by atoms with E-state index in [2.05, 4.69) is 55.1 Å². The minimum Gasteiger partial charge on any atom is -0.374 e. The van der Waals surface area contributed by atoms with Crippen LogP contribution in [0.5, 0.6) is 0 Å². The van der Waals surface area contributed by atoms with E-state index in [4.69, 9.17) is 23.7 Å². The highest BCUT2D eigenvalue weighted by Gasteiger charge is 2.53. The predicted molar refractivity (Wildman–Crippen MR) is 165 cm³/mol. The quantitative estimate of drug-likeness (QED) is 0.150. The molecule has 1 aliphatic heterocycles. The Kier molecular flexibility index (Phi) is 10.7. The minimum absolute atomic E-state index is 0.328. The number of rotatable bonds is 14. The Balaban J connectivity index is 1.42. The predicted octanol–water partition coefficient (Wildman–Crippen LogP) is 7.30. The summed E-state index contributed by atoms with van der Waals surface area (Å²) >= 11 is 0. The lowest BCUT2D eigenvalue weighted by molar-refractivity contribution is -0.290. The van der Waals surface area contributed by atoms with Crippen molar-refractivity contribution in [2.75, 3.05) is 6.61 Å². The fourth-order valence-electron chi connectivity index (χ4n) is 5.27. The zero-order valence-electron chi connectivity index (χ0n) is 24.2. The first-order chi connectivity index (χ1) is 20.6. The van der Waals surface area contributed by atoms with Crippen molar-refractivity contribution in [3.05, 3.63) is 156 Å². The molecule has 2 unspecified atom stereocenters. The largest absolute Gasteiger partial charge is 0.374 e. The summed E-state index contributed by atoms with van der Waals surface area (Å²) < 4.78 is 33.0. The maximum atomic E-state index is 6.77. The Morgan fingerprint density at radius 1 is 0.595 bits per heavy atom. The summed E-state index contributed by atoms with van der Waals surface area (Å²) in [6.45, 7) is 8.18. The molecule has 5 nitrogen and oxygen atoms in total. The number of hydrogen-bond donors (Lipinski definition) is 0. The molecule has 5 heteroatoms. The second-order valence-corrected chi connectivity index (χ2v) is 10.8. The standard InChI is InChI=1S/C37H40O5/c1-3-37(2)36(41-27-32-22-14-7-15-23-32)35(40-26-31-20-12-6-13-21-31)34(39-25-30-18-10-5-11-19-30)33(42-37)28-38-24-29-16-8-4-9-17-29/h3-23,33-36H,1,24-28H2,2H3/t33?,34-,35+,36?,37-/m0/s1. The lowest BCUT2D eigenvalue weighted by Crippen LogP contribution is -2.65. The van der Waals surface area contributed by atoms with Crippen LogP contribution >= 0.6 is 0 Å². The molecule has 1 fully saturated rings. The van der Waals surface area contributed by atoms with Gasteiger partial charge in [0.15, 0.2) is 0 Å². The Morgan fingerprint density at radius 2 is 1.00 bits per heavy atom. The van der Waals surface area contributed by atoms with E-state index >= 15 is 0 Å². The van der Waals surface area contributed by atoms with Gasteiger partial charge >= 0.3 is 0 Å². The third-order valence-corrected chi connectivity index (χ3v) is 7.60. The van der Waals surface area contributed by atoms with Gasteiger partial charge in [-0.15, -0.1) is 6.58 Å². The molecule has 1 aliphatic rings. The summed E-state index contributed by atoms with van der Waals surface area (Å²) in [7, 11) is 0. The van der Waals surface area contributed by atoms with Gasteiger partial charge in [0.2, 0.25) is 0 Å². The van der Waals surface area contributed by atoms with Gasteiger partial charge in [-0.2, -0.15) is 0 Å². The molecular formula is C37H40O5. The molecule has 0 bridgehead atoms. The van der Waals surface area contributed by atoms with E-state index in [-0.39, 0.29) is 0 Å². The van der Waals surface area contributed by atoms with E-state index in [9.17, 15) is 0 Å². The molecule has 5 rings (SSSR count). The zero-order valence-corrected chi connectivity index (χ0v) is 24.2.